The normalized spacial score (nSPS) is 11.4. The van der Waals surface area contributed by atoms with Gasteiger partial charge < -0.3 is 29.7 Å². The van der Waals surface area contributed by atoms with E-state index in [9.17, 15) is 0 Å². The van der Waals surface area contributed by atoms with Crippen molar-refractivity contribution in [2.24, 2.45) is 10.7 Å². The molecule has 1 aromatic carbocycles. The standard InChI is InChI=1S/C21H20N6O4/c1-28-15-10-13(11-16(29-2)18(15)30-3)25-21(22)26-17-9-12(6-8-23-17)20-27-19-14(31-20)5-4-7-24-19/h4-11H,1-3H3,(H3,22,23,25,26). The first kappa shape index (κ1) is 20.0. The number of aliphatic imine (C=N–C) groups is 1. The van der Waals surface area contributed by atoms with Crippen LogP contribution in [0.25, 0.3) is 22.7 Å². The van der Waals surface area contributed by atoms with Crippen LogP contribution >= 0.6 is 0 Å². The fourth-order valence-corrected chi connectivity index (χ4v) is 2.96. The molecule has 3 N–H and O–H groups in total. The molecule has 0 saturated heterocycles. The highest BCUT2D eigenvalue weighted by Gasteiger charge is 2.14. The lowest BCUT2D eigenvalue weighted by Gasteiger charge is -2.14. The first-order valence-corrected chi connectivity index (χ1v) is 9.20. The lowest BCUT2D eigenvalue weighted by atomic mass is 10.2. The van der Waals surface area contributed by atoms with Gasteiger partial charge in [-0.15, -0.1) is 0 Å². The Labute approximate surface area is 177 Å². The Morgan fingerprint density at radius 1 is 1.00 bits per heavy atom. The fraction of sp³-hybridized carbons (Fsp3) is 0.143. The average molecular weight is 420 g/mol. The zero-order chi connectivity index (χ0) is 21.8. The van der Waals surface area contributed by atoms with Gasteiger partial charge in [0.15, 0.2) is 34.5 Å². The van der Waals surface area contributed by atoms with E-state index in [4.69, 9.17) is 24.4 Å². The van der Waals surface area contributed by atoms with Gasteiger partial charge in [-0.2, -0.15) is 9.98 Å². The van der Waals surface area contributed by atoms with Gasteiger partial charge in [0.2, 0.25) is 11.6 Å². The van der Waals surface area contributed by atoms with E-state index in [2.05, 4.69) is 25.3 Å². The van der Waals surface area contributed by atoms with E-state index >= 15 is 0 Å². The molecule has 0 bridgehead atoms. The van der Waals surface area contributed by atoms with Gasteiger partial charge in [0, 0.05) is 35.8 Å². The Hall–Kier alpha value is -4.34. The Kier molecular flexibility index (Phi) is 5.52. The molecule has 4 rings (SSSR count). The molecule has 158 valence electrons. The number of nitrogens with two attached hydrogens (primary N) is 1. The number of nitrogens with zero attached hydrogens (tertiary/aromatic N) is 4. The van der Waals surface area contributed by atoms with Gasteiger partial charge in [-0.1, -0.05) is 0 Å². The smallest absolute Gasteiger partial charge is 0.229 e. The number of aromatic nitrogens is 3. The quantitative estimate of drug-likeness (QED) is 0.356. The maximum absolute atomic E-state index is 6.08. The van der Waals surface area contributed by atoms with Crippen molar-refractivity contribution in [3.8, 4) is 28.7 Å². The van der Waals surface area contributed by atoms with Gasteiger partial charge in [0.05, 0.1) is 21.3 Å². The highest BCUT2D eigenvalue weighted by atomic mass is 16.5. The number of rotatable bonds is 6. The zero-order valence-electron chi connectivity index (χ0n) is 17.1. The number of hydrogen-bond acceptors (Lipinski definition) is 8. The summed E-state index contributed by atoms with van der Waals surface area (Å²) >= 11 is 0. The molecule has 0 aliphatic carbocycles. The Balaban J connectivity index is 1.60. The Morgan fingerprint density at radius 2 is 1.77 bits per heavy atom. The van der Waals surface area contributed by atoms with Gasteiger partial charge in [-0.3, -0.25) is 0 Å². The van der Waals surface area contributed by atoms with Crippen LogP contribution in [0.3, 0.4) is 0 Å². The molecule has 0 unspecified atom stereocenters. The maximum atomic E-state index is 6.08. The SMILES string of the molecule is COc1cc(NC(N)=Nc2cc(-c3nc4ncccc4o3)ccn2)cc(OC)c1OC. The third-order valence-corrected chi connectivity index (χ3v) is 4.33. The van der Waals surface area contributed by atoms with Crippen molar-refractivity contribution in [1.29, 1.82) is 0 Å². The van der Waals surface area contributed by atoms with Crippen molar-refractivity contribution in [3.05, 3.63) is 48.8 Å². The van der Waals surface area contributed by atoms with E-state index in [-0.39, 0.29) is 5.96 Å². The number of benzene rings is 1. The van der Waals surface area contributed by atoms with Crippen LogP contribution in [0, 0.1) is 0 Å². The second-order valence-electron chi connectivity index (χ2n) is 6.28. The molecule has 0 fully saturated rings. The average Bonchev–Trinajstić information content (AvgIpc) is 3.23. The van der Waals surface area contributed by atoms with Crippen LogP contribution in [0.4, 0.5) is 11.5 Å². The van der Waals surface area contributed by atoms with Crippen LogP contribution in [0.15, 0.2) is 58.2 Å². The number of methoxy groups -OCH3 is 3. The van der Waals surface area contributed by atoms with Gasteiger partial charge in [-0.05, 0) is 24.3 Å². The van der Waals surface area contributed by atoms with E-state index < -0.39 is 0 Å². The van der Waals surface area contributed by atoms with E-state index in [0.29, 0.717) is 51.4 Å². The summed E-state index contributed by atoms with van der Waals surface area (Å²) in [5.41, 5.74) is 8.52. The monoisotopic (exact) mass is 420 g/mol. The van der Waals surface area contributed by atoms with Gasteiger partial charge >= 0.3 is 0 Å². The van der Waals surface area contributed by atoms with Gasteiger partial charge in [0.25, 0.3) is 0 Å². The topological polar surface area (TPSA) is 130 Å². The Morgan fingerprint density at radius 3 is 2.45 bits per heavy atom. The van der Waals surface area contributed by atoms with Crippen molar-refractivity contribution >= 4 is 28.7 Å². The van der Waals surface area contributed by atoms with Crippen molar-refractivity contribution < 1.29 is 18.6 Å². The molecule has 3 aromatic heterocycles. The highest BCUT2D eigenvalue weighted by molar-refractivity contribution is 5.94. The number of fused-ring (bicyclic) bond motifs is 1. The van der Waals surface area contributed by atoms with Crippen LogP contribution in [-0.4, -0.2) is 42.2 Å². The lowest BCUT2D eigenvalue weighted by molar-refractivity contribution is 0.324. The highest BCUT2D eigenvalue weighted by Crippen LogP contribution is 2.39. The minimum absolute atomic E-state index is 0.123. The summed E-state index contributed by atoms with van der Waals surface area (Å²) in [5, 5.41) is 2.99. The van der Waals surface area contributed by atoms with E-state index in [1.165, 1.54) is 21.3 Å². The third kappa shape index (κ3) is 4.17. The molecule has 4 aromatic rings. The molecule has 0 aliphatic heterocycles. The van der Waals surface area contributed by atoms with E-state index in [0.717, 1.165) is 0 Å². The summed E-state index contributed by atoms with van der Waals surface area (Å²) in [6.45, 7) is 0. The number of anilines is 1. The number of nitrogens with one attached hydrogen (secondary N) is 1. The minimum atomic E-state index is 0.123. The molecule has 0 spiro atoms. The molecule has 3 heterocycles. The zero-order valence-corrected chi connectivity index (χ0v) is 17.1. The molecule has 0 aliphatic rings. The number of oxazole rings is 1. The minimum Gasteiger partial charge on any atom is -0.493 e. The van der Waals surface area contributed by atoms with Crippen molar-refractivity contribution in [1.82, 2.24) is 15.0 Å². The summed E-state index contributed by atoms with van der Waals surface area (Å²) in [6, 6.07) is 10.5. The fourth-order valence-electron chi connectivity index (χ4n) is 2.96. The first-order valence-electron chi connectivity index (χ1n) is 9.20. The molecular formula is C21H20N6O4. The number of ether oxygens (including phenoxy) is 3. The predicted molar refractivity (Wildman–Crippen MR) is 116 cm³/mol. The number of guanidine groups is 1. The summed E-state index contributed by atoms with van der Waals surface area (Å²) in [5.74, 6) is 2.38. The molecule has 0 radical (unpaired) electrons. The summed E-state index contributed by atoms with van der Waals surface area (Å²) in [4.78, 5) is 17.1. The van der Waals surface area contributed by atoms with Crippen LogP contribution < -0.4 is 25.3 Å². The third-order valence-electron chi connectivity index (χ3n) is 4.33. The van der Waals surface area contributed by atoms with Gasteiger partial charge in [0.1, 0.15) is 0 Å². The molecule has 0 saturated carbocycles. The largest absolute Gasteiger partial charge is 0.493 e. The van der Waals surface area contributed by atoms with E-state index in [1.807, 2.05) is 0 Å². The maximum Gasteiger partial charge on any atom is 0.229 e. The van der Waals surface area contributed by atoms with Crippen LogP contribution in [-0.2, 0) is 0 Å². The number of pyridine rings is 2. The van der Waals surface area contributed by atoms with Crippen molar-refractivity contribution in [2.75, 3.05) is 26.6 Å². The molecule has 10 heteroatoms. The molecule has 0 amide bonds. The summed E-state index contributed by atoms with van der Waals surface area (Å²) in [6.07, 6.45) is 3.26. The van der Waals surface area contributed by atoms with Crippen LogP contribution in [0.2, 0.25) is 0 Å². The van der Waals surface area contributed by atoms with Crippen LogP contribution in [0.5, 0.6) is 17.2 Å². The van der Waals surface area contributed by atoms with Gasteiger partial charge in [-0.25, -0.2) is 9.97 Å². The molecule has 0 atom stereocenters. The second kappa shape index (κ2) is 8.57. The summed E-state index contributed by atoms with van der Waals surface area (Å²) in [7, 11) is 4.61. The molecule has 31 heavy (non-hydrogen) atoms. The van der Waals surface area contributed by atoms with Crippen LogP contribution in [0.1, 0.15) is 0 Å². The summed E-state index contributed by atoms with van der Waals surface area (Å²) < 4.78 is 21.8. The van der Waals surface area contributed by atoms with E-state index in [1.54, 1.807) is 48.8 Å². The van der Waals surface area contributed by atoms with Crippen molar-refractivity contribution in [3.63, 3.8) is 0 Å². The molecular weight excluding hydrogens is 400 g/mol. The second-order valence-corrected chi connectivity index (χ2v) is 6.28. The first-order chi connectivity index (χ1) is 15.1. The molecule has 10 nitrogen and oxygen atoms in total. The number of hydrogen-bond donors (Lipinski definition) is 2. The van der Waals surface area contributed by atoms with Crippen molar-refractivity contribution in [2.45, 2.75) is 0 Å². The Bertz CT molecular complexity index is 1200. The lowest BCUT2D eigenvalue weighted by Crippen LogP contribution is -2.22. The predicted octanol–water partition coefficient (Wildman–Crippen LogP) is 3.37.